The van der Waals surface area contributed by atoms with Crippen LogP contribution >= 0.6 is 0 Å². The van der Waals surface area contributed by atoms with Gasteiger partial charge in [0.25, 0.3) is 0 Å². The molecule has 1 rings (SSSR count). The first-order chi connectivity index (χ1) is 8.79. The van der Waals surface area contributed by atoms with Crippen LogP contribution in [0.15, 0.2) is 0 Å². The number of carbonyl (C=O) groups is 1. The van der Waals surface area contributed by atoms with E-state index in [0.29, 0.717) is 19.3 Å². The van der Waals surface area contributed by atoms with Gasteiger partial charge in [-0.3, -0.25) is 9.69 Å². The zero-order chi connectivity index (χ0) is 14.5. The quantitative estimate of drug-likeness (QED) is 0.812. The third-order valence-corrected chi connectivity index (χ3v) is 3.73. The molecule has 112 valence electrons. The van der Waals surface area contributed by atoms with E-state index in [0.717, 1.165) is 19.3 Å². The summed E-state index contributed by atoms with van der Waals surface area (Å²) in [6.07, 6.45) is -0.158. The van der Waals surface area contributed by atoms with Gasteiger partial charge in [-0.15, -0.1) is 0 Å². The van der Waals surface area contributed by atoms with Gasteiger partial charge in [0.15, 0.2) is 0 Å². The van der Waals surface area contributed by atoms with Crippen molar-refractivity contribution in [3.05, 3.63) is 0 Å². The van der Waals surface area contributed by atoms with Crippen molar-refractivity contribution in [1.82, 2.24) is 4.90 Å². The number of aliphatic carboxylic acids is 1. The first kappa shape index (κ1) is 16.3. The van der Waals surface area contributed by atoms with Crippen LogP contribution in [0.2, 0.25) is 0 Å². The number of nitrogens with zero attached hydrogens (tertiary/aromatic N) is 1. The van der Waals surface area contributed by atoms with Gasteiger partial charge < -0.3 is 5.11 Å². The van der Waals surface area contributed by atoms with Gasteiger partial charge in [0.2, 0.25) is 0 Å². The standard InChI is InChI=1S/C13H22F3NO2/c1-2-8-17(10-13(14,15)16)9-12(11(18)19)6-4-3-5-7-12/h2-10H2,1H3,(H,18,19). The third-order valence-electron chi connectivity index (χ3n) is 3.73. The number of carboxylic acid groups (broad SMARTS) is 1. The van der Waals surface area contributed by atoms with E-state index in [1.165, 1.54) is 4.90 Å². The van der Waals surface area contributed by atoms with Gasteiger partial charge in [0.05, 0.1) is 12.0 Å². The van der Waals surface area contributed by atoms with E-state index in [2.05, 4.69) is 0 Å². The van der Waals surface area contributed by atoms with E-state index in [-0.39, 0.29) is 13.1 Å². The lowest BCUT2D eigenvalue weighted by molar-refractivity contribution is -0.163. The normalized spacial score (nSPS) is 19.6. The number of alkyl halides is 3. The van der Waals surface area contributed by atoms with E-state index in [9.17, 15) is 23.1 Å². The number of hydrogen-bond acceptors (Lipinski definition) is 2. The molecule has 0 aromatic heterocycles. The number of rotatable bonds is 6. The van der Waals surface area contributed by atoms with E-state index in [1.807, 2.05) is 0 Å². The van der Waals surface area contributed by atoms with E-state index >= 15 is 0 Å². The molecule has 0 radical (unpaired) electrons. The predicted octanol–water partition coefficient (Wildman–Crippen LogP) is 3.30. The Morgan fingerprint density at radius 3 is 2.26 bits per heavy atom. The van der Waals surface area contributed by atoms with Gasteiger partial charge in [-0.2, -0.15) is 13.2 Å². The summed E-state index contributed by atoms with van der Waals surface area (Å²) in [5, 5.41) is 9.40. The summed E-state index contributed by atoms with van der Waals surface area (Å²) >= 11 is 0. The van der Waals surface area contributed by atoms with Crippen molar-refractivity contribution in [2.75, 3.05) is 19.6 Å². The average molecular weight is 281 g/mol. The SMILES string of the molecule is CCCN(CC(F)(F)F)CC1(C(=O)O)CCCCC1. The molecule has 3 nitrogen and oxygen atoms in total. The predicted molar refractivity (Wildman–Crippen MR) is 65.9 cm³/mol. The smallest absolute Gasteiger partial charge is 0.401 e. The van der Waals surface area contributed by atoms with Crippen LogP contribution in [-0.2, 0) is 4.79 Å². The van der Waals surface area contributed by atoms with Crippen molar-refractivity contribution >= 4 is 5.97 Å². The second-order valence-corrected chi connectivity index (χ2v) is 5.47. The molecule has 6 heteroatoms. The number of hydrogen-bond donors (Lipinski definition) is 1. The van der Waals surface area contributed by atoms with E-state index < -0.39 is 24.1 Å². The average Bonchev–Trinajstić information content (AvgIpc) is 2.28. The molecule has 0 aromatic rings. The molecule has 0 amide bonds. The van der Waals surface area contributed by atoms with Gasteiger partial charge in [-0.1, -0.05) is 26.2 Å². The fourth-order valence-corrected chi connectivity index (χ4v) is 2.88. The zero-order valence-electron chi connectivity index (χ0n) is 11.3. The molecule has 1 aliphatic carbocycles. The first-order valence-electron chi connectivity index (χ1n) is 6.81. The minimum Gasteiger partial charge on any atom is -0.481 e. The molecular formula is C13H22F3NO2. The monoisotopic (exact) mass is 281 g/mol. The van der Waals surface area contributed by atoms with Gasteiger partial charge in [0.1, 0.15) is 0 Å². The second kappa shape index (κ2) is 6.59. The Morgan fingerprint density at radius 1 is 1.26 bits per heavy atom. The van der Waals surface area contributed by atoms with Crippen molar-refractivity contribution in [3.63, 3.8) is 0 Å². The molecular weight excluding hydrogens is 259 g/mol. The van der Waals surface area contributed by atoms with Crippen molar-refractivity contribution in [1.29, 1.82) is 0 Å². The van der Waals surface area contributed by atoms with Crippen molar-refractivity contribution < 1.29 is 23.1 Å². The van der Waals surface area contributed by atoms with Gasteiger partial charge in [-0.05, 0) is 25.8 Å². The minimum atomic E-state index is -4.27. The summed E-state index contributed by atoms with van der Waals surface area (Å²) in [6, 6.07) is 0. The Hall–Kier alpha value is -0.780. The summed E-state index contributed by atoms with van der Waals surface area (Å²) in [5.41, 5.74) is -0.987. The van der Waals surface area contributed by atoms with Gasteiger partial charge >= 0.3 is 12.1 Å². The lowest BCUT2D eigenvalue weighted by Gasteiger charge is -2.38. The lowest BCUT2D eigenvalue weighted by atomic mass is 9.73. The Balaban J connectivity index is 2.75. The fourth-order valence-electron chi connectivity index (χ4n) is 2.88. The van der Waals surface area contributed by atoms with Crippen LogP contribution in [0, 0.1) is 5.41 Å². The van der Waals surface area contributed by atoms with Crippen LogP contribution in [0.3, 0.4) is 0 Å². The molecule has 1 aliphatic rings. The highest BCUT2D eigenvalue weighted by atomic mass is 19.4. The third kappa shape index (κ3) is 5.01. The second-order valence-electron chi connectivity index (χ2n) is 5.47. The summed E-state index contributed by atoms with van der Waals surface area (Å²) in [7, 11) is 0. The minimum absolute atomic E-state index is 0.00961. The Labute approximate surface area is 111 Å². The molecule has 0 saturated heterocycles. The fraction of sp³-hybridized carbons (Fsp3) is 0.923. The van der Waals surface area contributed by atoms with Crippen molar-refractivity contribution in [3.8, 4) is 0 Å². The first-order valence-corrected chi connectivity index (χ1v) is 6.81. The molecule has 1 N–H and O–H groups in total. The van der Waals surface area contributed by atoms with Crippen LogP contribution < -0.4 is 0 Å². The van der Waals surface area contributed by atoms with Gasteiger partial charge in [0, 0.05) is 6.54 Å². The molecule has 1 fully saturated rings. The Morgan fingerprint density at radius 2 is 1.84 bits per heavy atom. The number of halogens is 3. The highest BCUT2D eigenvalue weighted by Gasteiger charge is 2.42. The van der Waals surface area contributed by atoms with Crippen LogP contribution in [0.4, 0.5) is 13.2 Å². The number of carboxylic acids is 1. The van der Waals surface area contributed by atoms with Crippen LogP contribution in [0.1, 0.15) is 45.4 Å². The largest absolute Gasteiger partial charge is 0.481 e. The Kier molecular flexibility index (Phi) is 5.64. The zero-order valence-corrected chi connectivity index (χ0v) is 11.3. The highest BCUT2D eigenvalue weighted by molar-refractivity contribution is 5.75. The summed E-state index contributed by atoms with van der Waals surface area (Å²) in [6.45, 7) is 1.08. The van der Waals surface area contributed by atoms with Crippen LogP contribution in [-0.4, -0.2) is 41.8 Å². The lowest BCUT2D eigenvalue weighted by Crippen LogP contribution is -2.47. The van der Waals surface area contributed by atoms with Gasteiger partial charge in [-0.25, -0.2) is 0 Å². The highest BCUT2D eigenvalue weighted by Crippen LogP contribution is 2.38. The van der Waals surface area contributed by atoms with Crippen molar-refractivity contribution in [2.24, 2.45) is 5.41 Å². The molecule has 0 spiro atoms. The molecule has 0 aromatic carbocycles. The molecule has 19 heavy (non-hydrogen) atoms. The molecule has 0 aliphatic heterocycles. The topological polar surface area (TPSA) is 40.5 Å². The summed E-state index contributed by atoms with van der Waals surface area (Å²) in [4.78, 5) is 12.7. The summed E-state index contributed by atoms with van der Waals surface area (Å²) < 4.78 is 37.6. The summed E-state index contributed by atoms with van der Waals surface area (Å²) in [5.74, 6) is -0.949. The van der Waals surface area contributed by atoms with Crippen molar-refractivity contribution in [2.45, 2.75) is 51.6 Å². The maximum absolute atomic E-state index is 12.5. The Bertz CT molecular complexity index is 299. The maximum atomic E-state index is 12.5. The van der Waals surface area contributed by atoms with Crippen LogP contribution in [0.5, 0.6) is 0 Å². The van der Waals surface area contributed by atoms with E-state index in [4.69, 9.17) is 0 Å². The molecule has 0 heterocycles. The molecule has 1 saturated carbocycles. The van der Waals surface area contributed by atoms with Crippen LogP contribution in [0.25, 0.3) is 0 Å². The molecule has 0 unspecified atom stereocenters. The maximum Gasteiger partial charge on any atom is 0.401 e. The molecule has 0 bridgehead atoms. The molecule has 0 atom stereocenters. The van der Waals surface area contributed by atoms with E-state index in [1.54, 1.807) is 6.92 Å².